The number of benzene rings is 1. The predicted molar refractivity (Wildman–Crippen MR) is 90.4 cm³/mol. The van der Waals surface area contributed by atoms with Gasteiger partial charge >= 0.3 is 0 Å². The van der Waals surface area contributed by atoms with Crippen molar-refractivity contribution in [3.8, 4) is 11.5 Å². The summed E-state index contributed by atoms with van der Waals surface area (Å²) in [4.78, 5) is 17.1. The third-order valence-electron chi connectivity index (χ3n) is 3.59. The number of rotatable bonds is 4. The highest BCUT2D eigenvalue weighted by Gasteiger charge is 2.30. The van der Waals surface area contributed by atoms with E-state index < -0.39 is 0 Å². The Bertz CT molecular complexity index is 742. The smallest absolute Gasteiger partial charge is 0.226 e. The van der Waals surface area contributed by atoms with Gasteiger partial charge in [-0.25, -0.2) is 4.98 Å². The van der Waals surface area contributed by atoms with Crippen molar-refractivity contribution in [2.45, 2.75) is 32.3 Å². The lowest BCUT2D eigenvalue weighted by molar-refractivity contribution is -0.116. The molecule has 3 N–H and O–H groups in total. The van der Waals surface area contributed by atoms with Gasteiger partial charge in [-0.1, -0.05) is 17.4 Å². The van der Waals surface area contributed by atoms with Crippen LogP contribution in [0.4, 0.5) is 10.9 Å². The molecule has 2 aromatic rings. The number of ether oxygens (including phenoxy) is 2. The number of anilines is 2. The zero-order valence-electron chi connectivity index (χ0n) is 13.3. The number of nitrogens with one attached hydrogen (secondary N) is 1. The molecule has 122 valence electrons. The van der Waals surface area contributed by atoms with Crippen molar-refractivity contribution in [3.05, 3.63) is 28.6 Å². The van der Waals surface area contributed by atoms with Gasteiger partial charge in [0.15, 0.2) is 16.6 Å². The normalized spacial score (nSPS) is 16.9. The van der Waals surface area contributed by atoms with Crippen molar-refractivity contribution in [1.82, 2.24) is 4.98 Å². The number of aromatic nitrogens is 1. The highest BCUT2D eigenvalue weighted by Crippen LogP contribution is 2.43. The second kappa shape index (κ2) is 6.08. The SMILES string of the molecule is COc1ccc([C@H]2CC(=O)Nc3nc(N)sc32)cc1OC(C)C. The molecule has 0 saturated carbocycles. The molecular formula is C16H19N3O3S. The van der Waals surface area contributed by atoms with Crippen molar-refractivity contribution in [1.29, 1.82) is 0 Å². The fraction of sp³-hybridized carbons (Fsp3) is 0.375. The summed E-state index contributed by atoms with van der Waals surface area (Å²) in [7, 11) is 1.61. The number of amides is 1. The van der Waals surface area contributed by atoms with E-state index in [4.69, 9.17) is 15.2 Å². The molecule has 7 heteroatoms. The second-order valence-electron chi connectivity index (χ2n) is 5.65. The first kappa shape index (κ1) is 15.6. The summed E-state index contributed by atoms with van der Waals surface area (Å²) >= 11 is 1.40. The van der Waals surface area contributed by atoms with E-state index in [1.54, 1.807) is 7.11 Å². The summed E-state index contributed by atoms with van der Waals surface area (Å²) in [6.45, 7) is 3.92. The van der Waals surface area contributed by atoms with Gasteiger partial charge in [-0.3, -0.25) is 4.79 Å². The van der Waals surface area contributed by atoms with Crippen LogP contribution in [0.25, 0.3) is 0 Å². The molecule has 2 heterocycles. The lowest BCUT2D eigenvalue weighted by atomic mass is 9.91. The van der Waals surface area contributed by atoms with Crippen LogP contribution in [0, 0.1) is 0 Å². The summed E-state index contributed by atoms with van der Waals surface area (Å²) in [5, 5.41) is 3.23. The summed E-state index contributed by atoms with van der Waals surface area (Å²) in [6, 6.07) is 5.75. The van der Waals surface area contributed by atoms with Crippen LogP contribution in [0.15, 0.2) is 18.2 Å². The summed E-state index contributed by atoms with van der Waals surface area (Å²) in [5.41, 5.74) is 6.78. The molecular weight excluding hydrogens is 314 g/mol. The number of fused-ring (bicyclic) bond motifs is 1. The van der Waals surface area contributed by atoms with Crippen molar-refractivity contribution < 1.29 is 14.3 Å². The summed E-state index contributed by atoms with van der Waals surface area (Å²) in [6.07, 6.45) is 0.394. The maximum Gasteiger partial charge on any atom is 0.226 e. The Morgan fingerprint density at radius 3 is 2.87 bits per heavy atom. The molecule has 0 spiro atoms. The van der Waals surface area contributed by atoms with E-state index in [0.717, 1.165) is 10.4 Å². The van der Waals surface area contributed by atoms with Crippen LogP contribution in [0.1, 0.15) is 36.6 Å². The van der Waals surface area contributed by atoms with Gasteiger partial charge in [0.2, 0.25) is 5.91 Å². The minimum Gasteiger partial charge on any atom is -0.493 e. The maximum absolute atomic E-state index is 12.0. The molecule has 1 aromatic heterocycles. The lowest BCUT2D eigenvalue weighted by Gasteiger charge is -2.23. The molecule has 6 nitrogen and oxygen atoms in total. The summed E-state index contributed by atoms with van der Waals surface area (Å²) < 4.78 is 11.2. The zero-order chi connectivity index (χ0) is 16.6. The van der Waals surface area contributed by atoms with E-state index in [0.29, 0.717) is 28.9 Å². The third-order valence-corrected chi connectivity index (χ3v) is 4.58. The van der Waals surface area contributed by atoms with Crippen molar-refractivity contribution >= 4 is 28.2 Å². The number of thiazole rings is 1. The molecule has 0 saturated heterocycles. The number of nitrogens with zero attached hydrogens (tertiary/aromatic N) is 1. The minimum atomic E-state index is -0.0750. The zero-order valence-corrected chi connectivity index (χ0v) is 14.1. The van der Waals surface area contributed by atoms with Gasteiger partial charge in [-0.05, 0) is 31.5 Å². The molecule has 0 bridgehead atoms. The average Bonchev–Trinajstić information content (AvgIpc) is 2.85. The van der Waals surface area contributed by atoms with Crippen LogP contribution >= 0.6 is 11.3 Å². The molecule has 1 aliphatic heterocycles. The van der Waals surface area contributed by atoms with Gasteiger partial charge in [-0.2, -0.15) is 0 Å². The van der Waals surface area contributed by atoms with E-state index in [9.17, 15) is 4.79 Å². The monoisotopic (exact) mass is 333 g/mol. The van der Waals surface area contributed by atoms with Crippen LogP contribution in [-0.2, 0) is 4.79 Å². The molecule has 1 amide bonds. The number of carbonyl (C=O) groups is 1. The van der Waals surface area contributed by atoms with Crippen LogP contribution in [0.5, 0.6) is 11.5 Å². The highest BCUT2D eigenvalue weighted by atomic mass is 32.1. The topological polar surface area (TPSA) is 86.5 Å². The van der Waals surface area contributed by atoms with Gasteiger partial charge in [0, 0.05) is 12.3 Å². The predicted octanol–water partition coefficient (Wildman–Crippen LogP) is 3.00. The molecule has 0 radical (unpaired) electrons. The number of nitrogen functional groups attached to an aromatic ring is 1. The number of methoxy groups -OCH3 is 1. The Hall–Kier alpha value is -2.28. The van der Waals surface area contributed by atoms with Gasteiger partial charge in [0.1, 0.15) is 5.82 Å². The molecule has 23 heavy (non-hydrogen) atoms. The minimum absolute atomic E-state index is 0.0309. The van der Waals surface area contributed by atoms with E-state index >= 15 is 0 Å². The first-order valence-electron chi connectivity index (χ1n) is 7.38. The fourth-order valence-electron chi connectivity index (χ4n) is 2.66. The fourth-order valence-corrected chi connectivity index (χ4v) is 3.58. The van der Waals surface area contributed by atoms with E-state index in [1.807, 2.05) is 32.0 Å². The Morgan fingerprint density at radius 2 is 2.17 bits per heavy atom. The lowest BCUT2D eigenvalue weighted by Crippen LogP contribution is -2.22. The quantitative estimate of drug-likeness (QED) is 0.898. The van der Waals surface area contributed by atoms with Crippen molar-refractivity contribution in [2.75, 3.05) is 18.2 Å². The van der Waals surface area contributed by atoms with Crippen molar-refractivity contribution in [3.63, 3.8) is 0 Å². The Labute approximate surface area is 138 Å². The Kier molecular flexibility index (Phi) is 4.12. The molecule has 0 fully saturated rings. The van der Waals surface area contributed by atoms with E-state index in [2.05, 4.69) is 10.3 Å². The average molecular weight is 333 g/mol. The Morgan fingerprint density at radius 1 is 1.39 bits per heavy atom. The van der Waals surface area contributed by atoms with Gasteiger partial charge in [0.25, 0.3) is 0 Å². The van der Waals surface area contributed by atoms with Crippen LogP contribution < -0.4 is 20.5 Å². The van der Waals surface area contributed by atoms with Crippen LogP contribution in [-0.4, -0.2) is 24.1 Å². The van der Waals surface area contributed by atoms with Gasteiger partial charge < -0.3 is 20.5 Å². The molecule has 0 unspecified atom stereocenters. The molecule has 1 atom stereocenters. The van der Waals surface area contributed by atoms with Gasteiger partial charge in [0.05, 0.1) is 18.1 Å². The first-order chi connectivity index (χ1) is 11.0. The standard InChI is InChI=1S/C16H19N3O3S/c1-8(2)22-12-6-9(4-5-11(12)21-3)10-7-13(20)18-15-14(10)23-16(17)19-15/h4-6,8,10H,7H2,1-3H3,(H2,17,19)(H,18,20)/t10-/m1/s1. The molecule has 1 aliphatic rings. The number of hydrogen-bond donors (Lipinski definition) is 2. The largest absolute Gasteiger partial charge is 0.493 e. The molecule has 0 aliphatic carbocycles. The van der Waals surface area contributed by atoms with E-state index in [1.165, 1.54) is 11.3 Å². The second-order valence-corrected chi connectivity index (χ2v) is 6.71. The highest BCUT2D eigenvalue weighted by molar-refractivity contribution is 7.16. The Balaban J connectivity index is 2.03. The third kappa shape index (κ3) is 3.10. The summed E-state index contributed by atoms with van der Waals surface area (Å²) in [5.74, 6) is 1.77. The van der Waals surface area contributed by atoms with Crippen LogP contribution in [0.3, 0.4) is 0 Å². The van der Waals surface area contributed by atoms with Crippen LogP contribution in [0.2, 0.25) is 0 Å². The number of hydrogen-bond acceptors (Lipinski definition) is 6. The molecule has 1 aromatic carbocycles. The number of nitrogens with two attached hydrogens (primary N) is 1. The molecule has 3 rings (SSSR count). The first-order valence-corrected chi connectivity index (χ1v) is 8.20. The number of carbonyl (C=O) groups excluding carboxylic acids is 1. The van der Waals surface area contributed by atoms with Gasteiger partial charge in [-0.15, -0.1) is 0 Å². The van der Waals surface area contributed by atoms with E-state index in [-0.39, 0.29) is 17.9 Å². The van der Waals surface area contributed by atoms with Crippen molar-refractivity contribution in [2.24, 2.45) is 0 Å². The maximum atomic E-state index is 12.0.